The van der Waals surface area contributed by atoms with Crippen LogP contribution in [-0.4, -0.2) is 37.6 Å². The fraction of sp³-hybridized carbons (Fsp3) is 0.617. The van der Waals surface area contributed by atoms with Crippen molar-refractivity contribution in [2.45, 2.75) is 133 Å². The highest BCUT2D eigenvalue weighted by Gasteiger charge is 2.43. The van der Waals surface area contributed by atoms with Gasteiger partial charge >= 0.3 is 0 Å². The summed E-state index contributed by atoms with van der Waals surface area (Å²) in [5, 5.41) is 2.71. The van der Waals surface area contributed by atoms with E-state index in [0.717, 1.165) is 70.9 Å². The van der Waals surface area contributed by atoms with Crippen molar-refractivity contribution in [3.05, 3.63) is 78.4 Å². The van der Waals surface area contributed by atoms with E-state index in [2.05, 4.69) is 140 Å². The van der Waals surface area contributed by atoms with E-state index in [1.54, 1.807) is 0 Å². The van der Waals surface area contributed by atoms with E-state index in [1.165, 1.54) is 40.2 Å². The summed E-state index contributed by atoms with van der Waals surface area (Å²) in [6.45, 7) is 30.0. The minimum atomic E-state index is 0.0934. The van der Waals surface area contributed by atoms with Crippen LogP contribution in [0, 0.1) is 21.7 Å². The Bertz CT molecular complexity index is 1570. The lowest BCUT2D eigenvalue weighted by Crippen LogP contribution is -2.43. The molecular weight excluding hydrogens is 627 g/mol. The molecule has 5 rings (SSSR count). The van der Waals surface area contributed by atoms with Crippen LogP contribution in [0.3, 0.4) is 0 Å². The molecule has 4 nitrogen and oxygen atoms in total. The lowest BCUT2D eigenvalue weighted by atomic mass is 9.59. The van der Waals surface area contributed by atoms with Crippen LogP contribution < -0.4 is 4.74 Å². The maximum Gasteiger partial charge on any atom is 0.119 e. The molecule has 0 aliphatic carbocycles. The smallest absolute Gasteiger partial charge is 0.119 e. The van der Waals surface area contributed by atoms with E-state index in [1.807, 2.05) is 13.8 Å². The Morgan fingerprint density at radius 1 is 0.706 bits per heavy atom. The molecular formula is C47H71NO3. The summed E-state index contributed by atoms with van der Waals surface area (Å²) in [6, 6.07) is 27.3. The number of aromatic nitrogens is 1. The molecule has 1 aromatic heterocycles. The van der Waals surface area contributed by atoms with Crippen LogP contribution in [0.2, 0.25) is 0 Å². The van der Waals surface area contributed by atoms with Gasteiger partial charge < -0.3 is 18.8 Å². The van der Waals surface area contributed by atoms with E-state index in [0.29, 0.717) is 12.0 Å². The number of benzene rings is 3. The van der Waals surface area contributed by atoms with Crippen molar-refractivity contribution < 1.29 is 14.2 Å². The molecule has 3 aromatic carbocycles. The summed E-state index contributed by atoms with van der Waals surface area (Å²) in [7, 11) is 0. The lowest BCUT2D eigenvalue weighted by molar-refractivity contribution is -0.137. The van der Waals surface area contributed by atoms with Crippen LogP contribution in [0.5, 0.6) is 5.75 Å². The van der Waals surface area contributed by atoms with Gasteiger partial charge in [-0.2, -0.15) is 0 Å². The van der Waals surface area contributed by atoms with E-state index in [-0.39, 0.29) is 21.7 Å². The monoisotopic (exact) mass is 698 g/mol. The van der Waals surface area contributed by atoms with Gasteiger partial charge in [0.1, 0.15) is 5.75 Å². The Labute approximate surface area is 311 Å². The fourth-order valence-corrected chi connectivity index (χ4v) is 7.76. The van der Waals surface area contributed by atoms with Gasteiger partial charge in [0.15, 0.2) is 0 Å². The molecule has 0 amide bonds. The van der Waals surface area contributed by atoms with Crippen LogP contribution in [0.15, 0.2) is 72.8 Å². The molecule has 2 heterocycles. The fourth-order valence-electron chi connectivity index (χ4n) is 7.76. The Kier molecular flexibility index (Phi) is 14.3. The van der Waals surface area contributed by atoms with Gasteiger partial charge in [-0.25, -0.2) is 0 Å². The van der Waals surface area contributed by atoms with E-state index in [9.17, 15) is 0 Å². The standard InChI is InChI=1S/C45H65NO3.C2H6/c1-10-34(35-23-25-36(26-24-35)49-28-18-12-11-17-27-47-31-45(9)32-48-33-45)29-43(5,6)44(7,8)30-41(42(2,3)4)46-39-21-15-13-19-37(39)38-20-14-16-22-40(38)46;1-2/h13-16,19-26,34,41H,10-12,17-18,27-33H2,1-9H3;1-2H3. The maximum absolute atomic E-state index is 6.15. The molecule has 51 heavy (non-hydrogen) atoms. The number of fused-ring (bicyclic) bond motifs is 3. The van der Waals surface area contributed by atoms with Crippen molar-refractivity contribution in [1.82, 2.24) is 4.57 Å². The molecule has 2 atom stereocenters. The van der Waals surface area contributed by atoms with Gasteiger partial charge in [-0.15, -0.1) is 0 Å². The van der Waals surface area contributed by atoms with Crippen molar-refractivity contribution in [2.75, 3.05) is 33.0 Å². The maximum atomic E-state index is 6.15. The molecule has 282 valence electrons. The van der Waals surface area contributed by atoms with Crippen LogP contribution >= 0.6 is 0 Å². The first-order valence-corrected chi connectivity index (χ1v) is 20.1. The van der Waals surface area contributed by atoms with Gasteiger partial charge in [0.05, 0.1) is 26.4 Å². The molecule has 1 fully saturated rings. The number of ether oxygens (including phenoxy) is 3. The first kappa shape index (κ1) is 40.9. The topological polar surface area (TPSA) is 32.6 Å². The number of nitrogens with zero attached hydrogens (tertiary/aromatic N) is 1. The highest BCUT2D eigenvalue weighted by Crippen LogP contribution is 2.53. The quantitative estimate of drug-likeness (QED) is 0.0970. The van der Waals surface area contributed by atoms with E-state index >= 15 is 0 Å². The molecule has 4 aromatic rings. The minimum absolute atomic E-state index is 0.0934. The largest absolute Gasteiger partial charge is 0.494 e. The summed E-state index contributed by atoms with van der Waals surface area (Å²) in [4.78, 5) is 0. The molecule has 0 spiro atoms. The Balaban J connectivity index is 0.00000286. The summed E-state index contributed by atoms with van der Waals surface area (Å²) in [5.41, 5.74) is 4.69. The van der Waals surface area contributed by atoms with Gasteiger partial charge in [-0.05, 0) is 90.5 Å². The molecule has 1 saturated heterocycles. The molecule has 0 bridgehead atoms. The van der Waals surface area contributed by atoms with Crippen molar-refractivity contribution in [3.8, 4) is 5.75 Å². The predicted molar refractivity (Wildman–Crippen MR) is 219 cm³/mol. The number of hydrogen-bond donors (Lipinski definition) is 0. The molecule has 0 radical (unpaired) electrons. The Morgan fingerprint density at radius 3 is 1.75 bits per heavy atom. The second kappa shape index (κ2) is 17.8. The summed E-state index contributed by atoms with van der Waals surface area (Å²) in [5.74, 6) is 1.49. The van der Waals surface area contributed by atoms with Gasteiger partial charge in [-0.1, -0.05) is 131 Å². The Hall–Kier alpha value is -2.82. The molecule has 4 heteroatoms. The zero-order chi connectivity index (χ0) is 37.3. The second-order valence-electron chi connectivity index (χ2n) is 17.8. The SMILES string of the molecule is CC.CCC(CC(C)(C)C(C)(C)CC(n1c2ccccc2c2ccccc21)C(C)(C)C)c1ccc(OCCCCCCOCC2(C)COC2)cc1. The molecule has 2 unspecified atom stereocenters. The number of para-hydroxylation sites is 2. The van der Waals surface area contributed by atoms with Gasteiger partial charge in [0, 0.05) is 39.9 Å². The third kappa shape index (κ3) is 10.2. The highest BCUT2D eigenvalue weighted by atomic mass is 16.5. The zero-order valence-electron chi connectivity index (χ0n) is 34.2. The third-order valence-corrected chi connectivity index (χ3v) is 11.9. The van der Waals surface area contributed by atoms with Crippen LogP contribution in [0.4, 0.5) is 0 Å². The second-order valence-corrected chi connectivity index (χ2v) is 17.8. The van der Waals surface area contributed by atoms with E-state index < -0.39 is 0 Å². The predicted octanol–water partition coefficient (Wildman–Crippen LogP) is 13.4. The van der Waals surface area contributed by atoms with E-state index in [4.69, 9.17) is 14.2 Å². The third-order valence-electron chi connectivity index (χ3n) is 11.9. The van der Waals surface area contributed by atoms with Crippen LogP contribution in [0.25, 0.3) is 21.8 Å². The van der Waals surface area contributed by atoms with Crippen molar-refractivity contribution in [1.29, 1.82) is 0 Å². The zero-order valence-corrected chi connectivity index (χ0v) is 34.2. The first-order valence-electron chi connectivity index (χ1n) is 20.1. The van der Waals surface area contributed by atoms with Gasteiger partial charge in [-0.3, -0.25) is 0 Å². The molecule has 0 N–H and O–H groups in total. The molecule has 0 saturated carbocycles. The first-order chi connectivity index (χ1) is 24.2. The molecule has 1 aliphatic rings. The number of unbranched alkanes of at least 4 members (excludes halogenated alkanes) is 3. The summed E-state index contributed by atoms with van der Waals surface area (Å²) < 4.78 is 20.0. The van der Waals surface area contributed by atoms with Crippen molar-refractivity contribution in [2.24, 2.45) is 21.7 Å². The molecule has 1 aliphatic heterocycles. The van der Waals surface area contributed by atoms with Crippen molar-refractivity contribution in [3.63, 3.8) is 0 Å². The average Bonchev–Trinajstić information content (AvgIpc) is 3.42. The highest BCUT2D eigenvalue weighted by molar-refractivity contribution is 6.08. The van der Waals surface area contributed by atoms with Gasteiger partial charge in [0.2, 0.25) is 0 Å². The normalized spacial score (nSPS) is 16.0. The van der Waals surface area contributed by atoms with Crippen LogP contribution in [-0.2, 0) is 9.47 Å². The lowest BCUT2D eigenvalue weighted by Gasteiger charge is -2.48. The number of hydrogen-bond acceptors (Lipinski definition) is 3. The van der Waals surface area contributed by atoms with Gasteiger partial charge in [0.25, 0.3) is 0 Å². The number of rotatable bonds is 18. The summed E-state index contributed by atoms with van der Waals surface area (Å²) in [6.07, 6.45) is 7.96. The van der Waals surface area contributed by atoms with Crippen LogP contribution in [0.1, 0.15) is 139 Å². The average molecular weight is 698 g/mol. The van der Waals surface area contributed by atoms with Crippen molar-refractivity contribution >= 4 is 21.8 Å². The Morgan fingerprint density at radius 2 is 1.24 bits per heavy atom. The summed E-state index contributed by atoms with van der Waals surface area (Å²) >= 11 is 0. The minimum Gasteiger partial charge on any atom is -0.494 e.